The lowest BCUT2D eigenvalue weighted by molar-refractivity contribution is -0.130. The molecule has 0 bridgehead atoms. The second-order valence-corrected chi connectivity index (χ2v) is 6.09. The number of anilines is 1. The molecule has 2 heterocycles. The molecule has 0 saturated carbocycles. The van der Waals surface area contributed by atoms with Gasteiger partial charge in [-0.3, -0.25) is 4.79 Å². The minimum Gasteiger partial charge on any atom is -0.367 e. The van der Waals surface area contributed by atoms with Gasteiger partial charge in [0.25, 0.3) is 0 Å². The number of rotatable bonds is 3. The first-order chi connectivity index (χ1) is 12.0. The van der Waals surface area contributed by atoms with Gasteiger partial charge in [0.2, 0.25) is 5.91 Å². The van der Waals surface area contributed by atoms with Crippen molar-refractivity contribution in [1.29, 1.82) is 5.26 Å². The highest BCUT2D eigenvalue weighted by molar-refractivity contribution is 5.79. The van der Waals surface area contributed by atoms with Gasteiger partial charge in [-0.2, -0.15) is 5.26 Å². The quantitative estimate of drug-likeness (QED) is 0.855. The van der Waals surface area contributed by atoms with Crippen molar-refractivity contribution < 1.29 is 13.7 Å². The summed E-state index contributed by atoms with van der Waals surface area (Å²) < 4.78 is 18.9. The molecule has 1 aliphatic rings. The molecule has 6 nitrogen and oxygen atoms in total. The summed E-state index contributed by atoms with van der Waals surface area (Å²) in [5, 5.41) is 13.0. The molecule has 3 rings (SSSR count). The highest BCUT2D eigenvalue weighted by Crippen LogP contribution is 2.24. The van der Waals surface area contributed by atoms with Crippen LogP contribution in [0.15, 0.2) is 22.7 Å². The Bertz CT molecular complexity index is 813. The molecule has 0 atom stereocenters. The van der Waals surface area contributed by atoms with Gasteiger partial charge in [-0.1, -0.05) is 11.2 Å². The maximum atomic E-state index is 13.8. The van der Waals surface area contributed by atoms with Crippen molar-refractivity contribution in [2.24, 2.45) is 0 Å². The van der Waals surface area contributed by atoms with Crippen molar-refractivity contribution in [2.75, 3.05) is 31.1 Å². The first-order valence-electron chi connectivity index (χ1n) is 8.14. The van der Waals surface area contributed by atoms with Crippen LogP contribution in [-0.4, -0.2) is 42.1 Å². The monoisotopic (exact) mass is 342 g/mol. The number of halogens is 1. The Hall–Kier alpha value is -2.88. The molecule has 1 fully saturated rings. The first-order valence-corrected chi connectivity index (χ1v) is 8.14. The van der Waals surface area contributed by atoms with E-state index in [0.717, 1.165) is 11.3 Å². The van der Waals surface area contributed by atoms with Gasteiger partial charge in [0.15, 0.2) is 0 Å². The van der Waals surface area contributed by atoms with Crippen molar-refractivity contribution in [3.05, 3.63) is 46.6 Å². The van der Waals surface area contributed by atoms with Crippen molar-refractivity contribution in [2.45, 2.75) is 20.3 Å². The topological polar surface area (TPSA) is 73.4 Å². The second-order valence-electron chi connectivity index (χ2n) is 6.09. The fraction of sp³-hybridized carbons (Fsp3) is 0.389. The van der Waals surface area contributed by atoms with E-state index in [1.807, 2.05) is 17.9 Å². The Balaban J connectivity index is 1.65. The van der Waals surface area contributed by atoms with Crippen molar-refractivity contribution in [3.63, 3.8) is 0 Å². The molecule has 1 aromatic carbocycles. The highest BCUT2D eigenvalue weighted by atomic mass is 19.1. The molecule has 0 unspecified atom stereocenters. The molecule has 0 spiro atoms. The number of carbonyl (C=O) groups excluding carboxylic acids is 1. The third kappa shape index (κ3) is 3.33. The number of amides is 1. The van der Waals surface area contributed by atoms with Gasteiger partial charge in [0.05, 0.1) is 17.8 Å². The van der Waals surface area contributed by atoms with Gasteiger partial charge < -0.3 is 14.3 Å². The predicted octanol–water partition coefficient (Wildman–Crippen LogP) is 2.19. The van der Waals surface area contributed by atoms with Gasteiger partial charge >= 0.3 is 0 Å². The van der Waals surface area contributed by atoms with Crippen molar-refractivity contribution in [3.8, 4) is 6.07 Å². The second kappa shape index (κ2) is 6.93. The average molecular weight is 342 g/mol. The Kier molecular flexibility index (Phi) is 4.70. The molecule has 7 heteroatoms. The minimum atomic E-state index is -0.517. The number of benzene rings is 1. The molecule has 0 aliphatic carbocycles. The van der Waals surface area contributed by atoms with Crippen molar-refractivity contribution >= 4 is 11.6 Å². The van der Waals surface area contributed by atoms with Gasteiger partial charge in [-0.25, -0.2) is 4.39 Å². The number of nitrogens with zero attached hydrogens (tertiary/aromatic N) is 4. The number of carbonyl (C=O) groups is 1. The Labute approximate surface area is 145 Å². The zero-order chi connectivity index (χ0) is 18.0. The SMILES string of the molecule is Cc1noc(C)c1CC(=O)N1CCN(c2cccc(F)c2C#N)CC1. The van der Waals surface area contributed by atoms with Gasteiger partial charge in [-0.15, -0.1) is 0 Å². The third-order valence-electron chi connectivity index (χ3n) is 4.59. The molecule has 1 aliphatic heterocycles. The summed E-state index contributed by atoms with van der Waals surface area (Å²) in [6.45, 7) is 5.81. The fourth-order valence-corrected chi connectivity index (χ4v) is 3.10. The highest BCUT2D eigenvalue weighted by Gasteiger charge is 2.25. The number of aromatic nitrogens is 1. The number of aryl methyl sites for hydroxylation is 2. The van der Waals surface area contributed by atoms with Gasteiger partial charge in [-0.05, 0) is 26.0 Å². The molecular formula is C18H19FN4O2. The lowest BCUT2D eigenvalue weighted by Crippen LogP contribution is -2.49. The first kappa shape index (κ1) is 17.0. The van der Waals surface area contributed by atoms with E-state index in [1.165, 1.54) is 6.07 Å². The van der Waals surface area contributed by atoms with Crippen LogP contribution in [0.2, 0.25) is 0 Å². The Morgan fingerprint density at radius 2 is 2.04 bits per heavy atom. The van der Waals surface area contributed by atoms with E-state index in [4.69, 9.17) is 9.78 Å². The smallest absolute Gasteiger partial charge is 0.227 e. The average Bonchev–Trinajstić information content (AvgIpc) is 2.93. The van der Waals surface area contributed by atoms with Gasteiger partial charge in [0, 0.05) is 31.7 Å². The Morgan fingerprint density at radius 1 is 1.32 bits per heavy atom. The summed E-state index contributed by atoms with van der Waals surface area (Å²) in [7, 11) is 0. The van der Waals surface area contributed by atoms with Crippen molar-refractivity contribution in [1.82, 2.24) is 10.1 Å². The van der Waals surface area contributed by atoms with Gasteiger partial charge in [0.1, 0.15) is 23.2 Å². The zero-order valence-electron chi connectivity index (χ0n) is 14.3. The van der Waals surface area contributed by atoms with E-state index < -0.39 is 5.82 Å². The van der Waals surface area contributed by atoms with Crippen LogP contribution < -0.4 is 4.90 Å². The molecule has 1 aromatic heterocycles. The van der Waals surface area contributed by atoms with E-state index in [-0.39, 0.29) is 17.9 Å². The number of piperazine rings is 1. The summed E-state index contributed by atoms with van der Waals surface area (Å²) in [4.78, 5) is 16.2. The van der Waals surface area contributed by atoms with E-state index in [9.17, 15) is 9.18 Å². The predicted molar refractivity (Wildman–Crippen MR) is 89.6 cm³/mol. The molecule has 0 radical (unpaired) electrons. The van der Waals surface area contributed by atoms with Crippen LogP contribution in [0.4, 0.5) is 10.1 Å². The summed E-state index contributed by atoms with van der Waals surface area (Å²) in [6, 6.07) is 6.54. The van der Waals surface area contributed by atoms with Crippen LogP contribution in [0, 0.1) is 31.0 Å². The largest absolute Gasteiger partial charge is 0.367 e. The lowest BCUT2D eigenvalue weighted by atomic mass is 10.1. The fourth-order valence-electron chi connectivity index (χ4n) is 3.10. The molecule has 2 aromatic rings. The maximum Gasteiger partial charge on any atom is 0.227 e. The zero-order valence-corrected chi connectivity index (χ0v) is 14.3. The molecule has 0 N–H and O–H groups in total. The summed E-state index contributed by atoms with van der Waals surface area (Å²) in [5.41, 5.74) is 2.21. The normalized spacial score (nSPS) is 14.5. The third-order valence-corrected chi connectivity index (χ3v) is 4.59. The molecule has 1 amide bonds. The summed E-state index contributed by atoms with van der Waals surface area (Å²) >= 11 is 0. The maximum absolute atomic E-state index is 13.8. The Morgan fingerprint density at radius 3 is 2.64 bits per heavy atom. The van der Waals surface area contributed by atoms with E-state index in [2.05, 4.69) is 5.16 Å². The van der Waals surface area contributed by atoms with Crippen LogP contribution in [0.3, 0.4) is 0 Å². The van der Waals surface area contributed by atoms with E-state index in [1.54, 1.807) is 24.0 Å². The standard InChI is InChI=1S/C18H19FN4O2/c1-12-14(13(2)25-21-12)10-18(24)23-8-6-22(7-9-23)17-5-3-4-16(19)15(17)11-20/h3-5H,6-10H2,1-2H3. The number of hydrogen-bond acceptors (Lipinski definition) is 5. The molecule has 25 heavy (non-hydrogen) atoms. The van der Waals surface area contributed by atoms with Crippen LogP contribution in [0.25, 0.3) is 0 Å². The molecular weight excluding hydrogens is 323 g/mol. The van der Waals surface area contributed by atoms with Crippen LogP contribution >= 0.6 is 0 Å². The lowest BCUT2D eigenvalue weighted by Gasteiger charge is -2.36. The number of hydrogen-bond donors (Lipinski definition) is 0. The van der Waals surface area contributed by atoms with E-state index >= 15 is 0 Å². The number of nitriles is 1. The van der Waals surface area contributed by atoms with Crippen LogP contribution in [0.1, 0.15) is 22.6 Å². The summed E-state index contributed by atoms with van der Waals surface area (Å²) in [5.74, 6) is 0.175. The van der Waals surface area contributed by atoms with Crippen LogP contribution in [0.5, 0.6) is 0 Å². The van der Waals surface area contributed by atoms with Crippen LogP contribution in [-0.2, 0) is 11.2 Å². The summed E-state index contributed by atoms with van der Waals surface area (Å²) in [6.07, 6.45) is 0.268. The molecule has 130 valence electrons. The van der Waals surface area contributed by atoms with E-state index in [0.29, 0.717) is 37.6 Å². The molecule has 1 saturated heterocycles. The minimum absolute atomic E-state index is 0.0220.